The summed E-state index contributed by atoms with van der Waals surface area (Å²) in [6, 6.07) is 12.6. The summed E-state index contributed by atoms with van der Waals surface area (Å²) in [4.78, 5) is 4.00. The highest BCUT2D eigenvalue weighted by Gasteiger charge is 2.16. The maximum Gasteiger partial charge on any atom is 0.216 e. The third-order valence-corrected chi connectivity index (χ3v) is 5.25. The van der Waals surface area contributed by atoms with E-state index in [2.05, 4.69) is 9.71 Å². The number of imidazole rings is 1. The molecular weight excluding hydrogens is 341 g/mol. The van der Waals surface area contributed by atoms with Crippen molar-refractivity contribution in [2.24, 2.45) is 0 Å². The Morgan fingerprint density at radius 2 is 1.80 bits per heavy atom. The molecule has 0 aliphatic heterocycles. The molecule has 0 aliphatic carbocycles. The van der Waals surface area contributed by atoms with Gasteiger partial charge in [0.05, 0.1) is 12.1 Å². The van der Waals surface area contributed by atoms with Gasteiger partial charge in [0, 0.05) is 24.1 Å². The normalized spacial score (nSPS) is 12.9. The van der Waals surface area contributed by atoms with Gasteiger partial charge in [0.25, 0.3) is 0 Å². The lowest BCUT2D eigenvalue weighted by atomic mass is 10.1. The fraction of sp³-hybridized carbons (Fsp3) is 0.167. The lowest BCUT2D eigenvalue weighted by Crippen LogP contribution is -2.28. The Morgan fingerprint density at radius 1 is 1.12 bits per heavy atom. The molecule has 0 radical (unpaired) electrons. The van der Waals surface area contributed by atoms with Crippen LogP contribution in [0.2, 0.25) is 0 Å². The minimum Gasteiger partial charge on any atom is -0.306 e. The Kier molecular flexibility index (Phi) is 4.96. The first-order chi connectivity index (χ1) is 11.9. The molecule has 1 atom stereocenters. The average molecular weight is 359 g/mol. The van der Waals surface area contributed by atoms with Crippen molar-refractivity contribution in [2.45, 2.75) is 18.7 Å². The largest absolute Gasteiger partial charge is 0.306 e. The Balaban J connectivity index is 1.68. The van der Waals surface area contributed by atoms with Gasteiger partial charge in [-0.3, -0.25) is 0 Å². The van der Waals surface area contributed by atoms with Gasteiger partial charge in [-0.15, -0.1) is 0 Å². The van der Waals surface area contributed by atoms with E-state index in [1.54, 1.807) is 19.4 Å². The van der Waals surface area contributed by atoms with Gasteiger partial charge in [0.15, 0.2) is 0 Å². The number of hydrogen-bond donors (Lipinski definition) is 1. The lowest BCUT2D eigenvalue weighted by molar-refractivity contribution is 0.566. The number of nitrogens with zero attached hydrogens (tertiary/aromatic N) is 2. The first-order valence-electron chi connectivity index (χ1n) is 7.76. The smallest absolute Gasteiger partial charge is 0.216 e. The summed E-state index contributed by atoms with van der Waals surface area (Å²) in [5, 5.41) is 0. The highest BCUT2D eigenvalue weighted by atomic mass is 32.2. The average Bonchev–Trinajstić information content (AvgIpc) is 3.11. The van der Waals surface area contributed by atoms with Crippen LogP contribution in [0.25, 0.3) is 5.69 Å². The molecule has 1 heterocycles. The van der Waals surface area contributed by atoms with Crippen LogP contribution in [-0.4, -0.2) is 18.0 Å². The van der Waals surface area contributed by atoms with Gasteiger partial charge in [0.2, 0.25) is 10.0 Å². The van der Waals surface area contributed by atoms with Crippen LogP contribution in [0, 0.1) is 5.82 Å². The highest BCUT2D eigenvalue weighted by molar-refractivity contribution is 7.88. The number of sulfonamides is 1. The van der Waals surface area contributed by atoms with Crippen molar-refractivity contribution in [3.63, 3.8) is 0 Å². The number of aromatic nitrogens is 2. The molecule has 1 unspecified atom stereocenters. The third kappa shape index (κ3) is 4.52. The van der Waals surface area contributed by atoms with E-state index in [9.17, 15) is 12.8 Å². The monoisotopic (exact) mass is 359 g/mol. The van der Waals surface area contributed by atoms with Crippen molar-refractivity contribution in [1.82, 2.24) is 14.3 Å². The molecule has 5 nitrogen and oxygen atoms in total. The molecule has 0 spiro atoms. The second-order valence-electron chi connectivity index (χ2n) is 5.79. The Bertz CT molecular complexity index is 921. The van der Waals surface area contributed by atoms with Crippen LogP contribution in [0.3, 0.4) is 0 Å². The second kappa shape index (κ2) is 7.16. The molecule has 0 saturated carbocycles. The molecule has 1 N–H and O–H groups in total. The van der Waals surface area contributed by atoms with E-state index in [-0.39, 0.29) is 17.6 Å². The fourth-order valence-electron chi connectivity index (χ4n) is 2.53. The predicted octanol–water partition coefficient (Wildman–Crippen LogP) is 3.19. The number of benzene rings is 2. The first kappa shape index (κ1) is 17.3. The van der Waals surface area contributed by atoms with E-state index in [0.29, 0.717) is 5.56 Å². The summed E-state index contributed by atoms with van der Waals surface area (Å²) in [6.45, 7) is 1.79. The van der Waals surface area contributed by atoms with E-state index in [4.69, 9.17) is 0 Å². The van der Waals surface area contributed by atoms with Crippen LogP contribution in [0.4, 0.5) is 4.39 Å². The van der Waals surface area contributed by atoms with Crippen LogP contribution in [-0.2, 0) is 15.8 Å². The fourth-order valence-corrected chi connectivity index (χ4v) is 3.92. The molecule has 0 amide bonds. The summed E-state index contributed by atoms with van der Waals surface area (Å²) in [7, 11) is -3.54. The minimum atomic E-state index is -3.54. The molecule has 0 fully saturated rings. The van der Waals surface area contributed by atoms with Gasteiger partial charge in [-0.2, -0.15) is 0 Å². The highest BCUT2D eigenvalue weighted by Crippen LogP contribution is 2.17. The molecule has 7 heteroatoms. The number of nitrogens with one attached hydrogen (secondary N) is 1. The lowest BCUT2D eigenvalue weighted by Gasteiger charge is -2.15. The van der Waals surface area contributed by atoms with E-state index in [1.165, 1.54) is 24.3 Å². The topological polar surface area (TPSA) is 64.0 Å². The Labute approximate surface area is 146 Å². The molecule has 130 valence electrons. The molecule has 0 aliphatic rings. The summed E-state index contributed by atoms with van der Waals surface area (Å²) in [5.74, 6) is -0.578. The first-order valence-corrected chi connectivity index (χ1v) is 9.41. The molecule has 3 rings (SSSR count). The van der Waals surface area contributed by atoms with Gasteiger partial charge >= 0.3 is 0 Å². The zero-order valence-electron chi connectivity index (χ0n) is 13.6. The second-order valence-corrected chi connectivity index (χ2v) is 7.54. The summed E-state index contributed by atoms with van der Waals surface area (Å²) in [6.07, 6.45) is 5.23. The molecular formula is C18H18FN3O2S. The van der Waals surface area contributed by atoms with Crippen LogP contribution < -0.4 is 4.72 Å². The zero-order valence-corrected chi connectivity index (χ0v) is 14.4. The van der Waals surface area contributed by atoms with Crippen LogP contribution >= 0.6 is 0 Å². The van der Waals surface area contributed by atoms with E-state index in [1.807, 2.05) is 35.0 Å². The molecule has 3 aromatic rings. The standard InChI is InChI=1S/C18H18FN3O2S/c1-14(16-4-8-18(9-5-16)22-11-10-20-13-22)21-25(23,24)12-15-2-6-17(19)7-3-15/h2-11,13-14,21H,12H2,1H3. The van der Waals surface area contributed by atoms with Crippen molar-refractivity contribution < 1.29 is 12.8 Å². The summed E-state index contributed by atoms with van der Waals surface area (Å²) in [5.41, 5.74) is 2.34. The maximum absolute atomic E-state index is 12.9. The minimum absolute atomic E-state index is 0.190. The number of hydrogen-bond acceptors (Lipinski definition) is 3. The van der Waals surface area contributed by atoms with Gasteiger partial charge in [-0.05, 0) is 42.3 Å². The van der Waals surface area contributed by atoms with Crippen LogP contribution in [0.5, 0.6) is 0 Å². The zero-order chi connectivity index (χ0) is 17.9. The van der Waals surface area contributed by atoms with Crippen LogP contribution in [0.15, 0.2) is 67.3 Å². The van der Waals surface area contributed by atoms with Crippen molar-refractivity contribution in [3.05, 3.63) is 84.2 Å². The summed E-state index contributed by atoms with van der Waals surface area (Å²) >= 11 is 0. The quantitative estimate of drug-likeness (QED) is 0.735. The van der Waals surface area contributed by atoms with E-state index < -0.39 is 10.0 Å². The third-order valence-electron chi connectivity index (χ3n) is 3.82. The molecule has 25 heavy (non-hydrogen) atoms. The van der Waals surface area contributed by atoms with Crippen molar-refractivity contribution in [2.75, 3.05) is 0 Å². The SMILES string of the molecule is CC(NS(=O)(=O)Cc1ccc(F)cc1)c1ccc(-n2ccnc2)cc1. The van der Waals surface area contributed by atoms with Gasteiger partial charge in [0.1, 0.15) is 5.82 Å². The number of halogens is 1. The van der Waals surface area contributed by atoms with E-state index >= 15 is 0 Å². The predicted molar refractivity (Wildman–Crippen MR) is 94.1 cm³/mol. The van der Waals surface area contributed by atoms with Crippen molar-refractivity contribution >= 4 is 10.0 Å². The van der Waals surface area contributed by atoms with Gasteiger partial charge in [-0.1, -0.05) is 24.3 Å². The van der Waals surface area contributed by atoms with Crippen molar-refractivity contribution in [1.29, 1.82) is 0 Å². The molecule has 0 saturated heterocycles. The molecule has 0 bridgehead atoms. The Morgan fingerprint density at radius 3 is 2.40 bits per heavy atom. The number of rotatable bonds is 6. The Hall–Kier alpha value is -2.51. The maximum atomic E-state index is 12.9. The van der Waals surface area contributed by atoms with Crippen LogP contribution in [0.1, 0.15) is 24.1 Å². The molecule has 2 aromatic carbocycles. The molecule has 1 aromatic heterocycles. The summed E-state index contributed by atoms with van der Waals surface area (Å²) < 4.78 is 42.0. The van der Waals surface area contributed by atoms with E-state index in [0.717, 1.165) is 11.3 Å². The van der Waals surface area contributed by atoms with Crippen molar-refractivity contribution in [3.8, 4) is 5.69 Å². The van der Waals surface area contributed by atoms with Gasteiger partial charge < -0.3 is 4.57 Å². The van der Waals surface area contributed by atoms with Gasteiger partial charge in [-0.25, -0.2) is 22.5 Å².